The Kier molecular flexibility index (Phi) is 5.97. The van der Waals surface area contributed by atoms with Gasteiger partial charge in [-0.2, -0.15) is 0 Å². The van der Waals surface area contributed by atoms with Gasteiger partial charge >= 0.3 is 0 Å². The molecule has 1 N–H and O–H groups in total. The summed E-state index contributed by atoms with van der Waals surface area (Å²) in [5, 5.41) is 3.80. The highest BCUT2D eigenvalue weighted by Gasteiger charge is 2.29. The van der Waals surface area contributed by atoms with Crippen LogP contribution in [0.4, 0.5) is 0 Å². The Labute approximate surface area is 113 Å². The van der Waals surface area contributed by atoms with E-state index in [4.69, 9.17) is 4.74 Å². The lowest BCUT2D eigenvalue weighted by Gasteiger charge is -2.34. The van der Waals surface area contributed by atoms with E-state index in [0.29, 0.717) is 12.1 Å². The first kappa shape index (κ1) is 14.3. The monoisotopic (exact) mass is 253 g/mol. The Balaban J connectivity index is 1.82. The van der Waals surface area contributed by atoms with Crippen LogP contribution in [0.25, 0.3) is 0 Å². The van der Waals surface area contributed by atoms with E-state index >= 15 is 0 Å². The minimum absolute atomic E-state index is 0.540. The fraction of sp³-hybridized carbons (Fsp3) is 1.00. The normalized spacial score (nSPS) is 34.7. The molecule has 2 unspecified atom stereocenters. The van der Waals surface area contributed by atoms with Crippen molar-refractivity contribution in [3.63, 3.8) is 0 Å². The van der Waals surface area contributed by atoms with Crippen LogP contribution in [0, 0.1) is 11.8 Å². The Morgan fingerprint density at radius 3 is 2.56 bits per heavy atom. The minimum Gasteiger partial charge on any atom is -0.378 e. The van der Waals surface area contributed by atoms with Gasteiger partial charge < -0.3 is 10.1 Å². The molecule has 2 atom stereocenters. The average Bonchev–Trinajstić information content (AvgIpc) is 2.88. The molecule has 18 heavy (non-hydrogen) atoms. The maximum Gasteiger partial charge on any atom is 0.0590 e. The standard InChI is InChI=1S/C16H31NO/c1-3-10-17-16(12-15-5-4-11-18-15)14-8-6-13(2)7-9-14/h13-17H,3-12H2,1-2H3. The Bertz CT molecular complexity index is 217. The first-order valence-electron chi connectivity index (χ1n) is 8.14. The third-order valence-electron chi connectivity index (χ3n) is 4.83. The summed E-state index contributed by atoms with van der Waals surface area (Å²) in [5.41, 5.74) is 0. The van der Waals surface area contributed by atoms with Gasteiger partial charge in [-0.3, -0.25) is 0 Å². The SMILES string of the molecule is CCCNC(CC1CCCO1)C1CCC(C)CC1. The quantitative estimate of drug-likeness (QED) is 0.778. The molecule has 0 aromatic rings. The zero-order valence-electron chi connectivity index (χ0n) is 12.3. The number of hydrogen-bond donors (Lipinski definition) is 1. The van der Waals surface area contributed by atoms with Crippen molar-refractivity contribution < 1.29 is 4.74 Å². The van der Waals surface area contributed by atoms with E-state index in [1.165, 1.54) is 57.9 Å². The molecule has 1 heterocycles. The molecule has 2 nitrogen and oxygen atoms in total. The second kappa shape index (κ2) is 7.49. The largest absolute Gasteiger partial charge is 0.378 e. The van der Waals surface area contributed by atoms with Crippen molar-refractivity contribution in [1.29, 1.82) is 0 Å². The minimum atomic E-state index is 0.540. The molecule has 1 aliphatic carbocycles. The van der Waals surface area contributed by atoms with Crippen LogP contribution < -0.4 is 5.32 Å². The molecule has 0 spiro atoms. The van der Waals surface area contributed by atoms with Gasteiger partial charge in [-0.05, 0) is 56.9 Å². The molecule has 2 rings (SSSR count). The van der Waals surface area contributed by atoms with Crippen LogP contribution in [0.15, 0.2) is 0 Å². The molecule has 1 aliphatic heterocycles. The van der Waals surface area contributed by atoms with E-state index in [2.05, 4.69) is 19.2 Å². The van der Waals surface area contributed by atoms with Gasteiger partial charge in [0.15, 0.2) is 0 Å². The summed E-state index contributed by atoms with van der Waals surface area (Å²) in [7, 11) is 0. The lowest BCUT2D eigenvalue weighted by atomic mass is 9.77. The molecule has 2 heteroatoms. The van der Waals surface area contributed by atoms with E-state index in [1.54, 1.807) is 0 Å². The molecule has 0 radical (unpaired) electrons. The van der Waals surface area contributed by atoms with Gasteiger partial charge in [0.05, 0.1) is 6.10 Å². The predicted molar refractivity (Wildman–Crippen MR) is 76.8 cm³/mol. The molecule has 0 aromatic heterocycles. The van der Waals surface area contributed by atoms with Crippen LogP contribution in [0.2, 0.25) is 0 Å². The van der Waals surface area contributed by atoms with Crippen LogP contribution in [0.5, 0.6) is 0 Å². The second-order valence-corrected chi connectivity index (χ2v) is 6.45. The fourth-order valence-electron chi connectivity index (χ4n) is 3.57. The average molecular weight is 253 g/mol. The molecule has 2 fully saturated rings. The van der Waals surface area contributed by atoms with Gasteiger partial charge in [0.2, 0.25) is 0 Å². The molecular formula is C16H31NO. The number of nitrogens with one attached hydrogen (secondary N) is 1. The van der Waals surface area contributed by atoms with Crippen molar-refractivity contribution in [3.8, 4) is 0 Å². The third kappa shape index (κ3) is 4.24. The van der Waals surface area contributed by atoms with Crippen LogP contribution >= 0.6 is 0 Å². The Morgan fingerprint density at radius 1 is 1.17 bits per heavy atom. The van der Waals surface area contributed by atoms with Crippen LogP contribution in [-0.4, -0.2) is 25.3 Å². The molecular weight excluding hydrogens is 222 g/mol. The summed E-state index contributed by atoms with van der Waals surface area (Å²) in [6, 6.07) is 0.709. The molecule has 106 valence electrons. The molecule has 1 saturated heterocycles. The van der Waals surface area contributed by atoms with E-state index in [-0.39, 0.29) is 0 Å². The summed E-state index contributed by atoms with van der Waals surface area (Å²) in [6.45, 7) is 6.83. The number of ether oxygens (including phenoxy) is 1. The molecule has 1 saturated carbocycles. The van der Waals surface area contributed by atoms with Crippen molar-refractivity contribution in [2.24, 2.45) is 11.8 Å². The summed E-state index contributed by atoms with van der Waals surface area (Å²) in [4.78, 5) is 0. The molecule has 2 aliphatic rings. The van der Waals surface area contributed by atoms with Crippen molar-refractivity contribution in [1.82, 2.24) is 5.32 Å². The smallest absolute Gasteiger partial charge is 0.0590 e. The van der Waals surface area contributed by atoms with Crippen molar-refractivity contribution in [2.45, 2.75) is 77.4 Å². The summed E-state index contributed by atoms with van der Waals surface area (Å²) >= 11 is 0. The van der Waals surface area contributed by atoms with Crippen molar-refractivity contribution in [2.75, 3.05) is 13.2 Å². The maximum atomic E-state index is 5.84. The predicted octanol–water partition coefficient (Wildman–Crippen LogP) is 3.75. The first-order valence-corrected chi connectivity index (χ1v) is 8.14. The van der Waals surface area contributed by atoms with Gasteiger partial charge in [-0.1, -0.05) is 26.7 Å². The Hall–Kier alpha value is -0.0800. The molecule has 0 bridgehead atoms. The van der Waals surface area contributed by atoms with Crippen molar-refractivity contribution >= 4 is 0 Å². The highest BCUT2D eigenvalue weighted by atomic mass is 16.5. The zero-order valence-corrected chi connectivity index (χ0v) is 12.3. The van der Waals surface area contributed by atoms with E-state index in [9.17, 15) is 0 Å². The van der Waals surface area contributed by atoms with Gasteiger partial charge in [0.1, 0.15) is 0 Å². The molecule has 0 aromatic carbocycles. The lowest BCUT2D eigenvalue weighted by Crippen LogP contribution is -2.40. The van der Waals surface area contributed by atoms with Crippen LogP contribution in [0.1, 0.15) is 65.2 Å². The van der Waals surface area contributed by atoms with E-state index < -0.39 is 0 Å². The highest BCUT2D eigenvalue weighted by molar-refractivity contribution is 4.84. The second-order valence-electron chi connectivity index (χ2n) is 6.45. The van der Waals surface area contributed by atoms with Gasteiger partial charge in [-0.25, -0.2) is 0 Å². The van der Waals surface area contributed by atoms with Gasteiger partial charge in [-0.15, -0.1) is 0 Å². The summed E-state index contributed by atoms with van der Waals surface area (Å²) in [6.07, 6.45) is 11.3. The topological polar surface area (TPSA) is 21.3 Å². The van der Waals surface area contributed by atoms with E-state index in [0.717, 1.165) is 18.4 Å². The first-order chi connectivity index (χ1) is 8.79. The van der Waals surface area contributed by atoms with Crippen LogP contribution in [0.3, 0.4) is 0 Å². The van der Waals surface area contributed by atoms with Crippen molar-refractivity contribution in [3.05, 3.63) is 0 Å². The Morgan fingerprint density at radius 2 is 1.94 bits per heavy atom. The summed E-state index contributed by atoms with van der Waals surface area (Å²) in [5.74, 6) is 1.85. The maximum absolute atomic E-state index is 5.84. The van der Waals surface area contributed by atoms with Gasteiger partial charge in [0.25, 0.3) is 0 Å². The molecule has 0 amide bonds. The van der Waals surface area contributed by atoms with Crippen LogP contribution in [-0.2, 0) is 4.74 Å². The highest BCUT2D eigenvalue weighted by Crippen LogP contribution is 2.33. The summed E-state index contributed by atoms with van der Waals surface area (Å²) < 4.78 is 5.84. The van der Waals surface area contributed by atoms with E-state index in [1.807, 2.05) is 0 Å². The fourth-order valence-corrected chi connectivity index (χ4v) is 3.57. The zero-order chi connectivity index (χ0) is 12.8. The third-order valence-corrected chi connectivity index (χ3v) is 4.83. The number of hydrogen-bond acceptors (Lipinski definition) is 2. The lowest BCUT2D eigenvalue weighted by molar-refractivity contribution is 0.0807. The van der Waals surface area contributed by atoms with Gasteiger partial charge in [0, 0.05) is 12.6 Å². The number of rotatable bonds is 6.